The van der Waals surface area contributed by atoms with Crippen molar-refractivity contribution < 1.29 is 9.18 Å². The molecule has 1 aromatic heterocycles. The van der Waals surface area contributed by atoms with Crippen LogP contribution < -0.4 is 10.9 Å². The molecule has 0 bridgehead atoms. The first-order chi connectivity index (χ1) is 14.2. The van der Waals surface area contributed by atoms with Crippen molar-refractivity contribution in [3.63, 3.8) is 0 Å². The van der Waals surface area contributed by atoms with Crippen LogP contribution in [0.1, 0.15) is 56.9 Å². The summed E-state index contributed by atoms with van der Waals surface area (Å²) < 4.78 is 14.7. The smallest absolute Gasteiger partial charge is 0.257 e. The number of nitrogens with one attached hydrogen (secondary N) is 1. The summed E-state index contributed by atoms with van der Waals surface area (Å²) in [5.41, 5.74) is 2.14. The second-order valence-corrected chi connectivity index (χ2v) is 9.09. The van der Waals surface area contributed by atoms with E-state index >= 15 is 0 Å². The summed E-state index contributed by atoms with van der Waals surface area (Å²) in [6.45, 7) is 8.04. The number of unbranched alkanes of at least 4 members (excludes halogenated alkanes) is 1. The number of carbonyl (C=O) groups excluding carboxylic acids is 1. The molecule has 164 valence electrons. The number of halogens is 1. The first kappa shape index (κ1) is 24.1. The van der Waals surface area contributed by atoms with E-state index < -0.39 is 0 Å². The molecule has 0 saturated heterocycles. The minimum atomic E-state index is -0.292. The molecule has 1 heterocycles. The molecule has 1 aromatic carbocycles. The molecular weight excluding hydrogens is 401 g/mol. The van der Waals surface area contributed by atoms with Gasteiger partial charge in [-0.25, -0.2) is 9.37 Å². The van der Waals surface area contributed by atoms with Crippen LogP contribution in [-0.2, 0) is 18.3 Å². The highest BCUT2D eigenvalue weighted by molar-refractivity contribution is 7.99. The van der Waals surface area contributed by atoms with E-state index in [0.29, 0.717) is 35.2 Å². The molecule has 2 rings (SSSR count). The average Bonchev–Trinajstić information content (AvgIpc) is 2.69. The fourth-order valence-electron chi connectivity index (χ4n) is 2.91. The maximum atomic E-state index is 13.1. The molecule has 0 aliphatic heterocycles. The maximum Gasteiger partial charge on any atom is 0.257 e. The highest BCUT2D eigenvalue weighted by atomic mass is 32.2. The fraction of sp³-hybridized carbons (Fsp3) is 0.522. The number of nitrogens with zero attached hydrogens (tertiary/aromatic N) is 2. The van der Waals surface area contributed by atoms with Crippen molar-refractivity contribution in [2.45, 2.75) is 64.6 Å². The SMILES string of the molecule is Cc1nc(SCCCCC(=O)NC(C)C(C)C)n(C)c(=O)c1Cc1ccc(F)cc1. The Morgan fingerprint density at radius 1 is 1.20 bits per heavy atom. The molecule has 1 atom stereocenters. The lowest BCUT2D eigenvalue weighted by Gasteiger charge is -2.17. The lowest BCUT2D eigenvalue weighted by molar-refractivity contribution is -0.122. The molecule has 0 aliphatic carbocycles. The van der Waals surface area contributed by atoms with Gasteiger partial charge in [0.2, 0.25) is 5.91 Å². The van der Waals surface area contributed by atoms with Gasteiger partial charge in [0.15, 0.2) is 5.16 Å². The van der Waals surface area contributed by atoms with Crippen molar-refractivity contribution in [3.05, 3.63) is 57.3 Å². The number of aryl methyl sites for hydroxylation is 1. The van der Waals surface area contributed by atoms with E-state index in [2.05, 4.69) is 24.1 Å². The van der Waals surface area contributed by atoms with Crippen molar-refractivity contribution in [3.8, 4) is 0 Å². The van der Waals surface area contributed by atoms with E-state index in [9.17, 15) is 14.0 Å². The van der Waals surface area contributed by atoms with Crippen LogP contribution in [0.5, 0.6) is 0 Å². The maximum absolute atomic E-state index is 13.1. The zero-order valence-electron chi connectivity index (χ0n) is 18.5. The Labute approximate surface area is 182 Å². The molecule has 30 heavy (non-hydrogen) atoms. The molecule has 0 saturated carbocycles. The summed E-state index contributed by atoms with van der Waals surface area (Å²) in [4.78, 5) is 29.4. The Morgan fingerprint density at radius 3 is 2.50 bits per heavy atom. The Bertz CT molecular complexity index is 910. The van der Waals surface area contributed by atoms with Crippen molar-refractivity contribution in [1.29, 1.82) is 0 Å². The van der Waals surface area contributed by atoms with Gasteiger partial charge in [-0.1, -0.05) is 37.7 Å². The quantitative estimate of drug-likeness (QED) is 0.346. The lowest BCUT2D eigenvalue weighted by atomic mass is 10.1. The third-order valence-electron chi connectivity index (χ3n) is 5.26. The van der Waals surface area contributed by atoms with E-state index in [1.54, 1.807) is 23.7 Å². The van der Waals surface area contributed by atoms with E-state index in [0.717, 1.165) is 24.2 Å². The number of benzene rings is 1. The first-order valence-electron chi connectivity index (χ1n) is 10.4. The van der Waals surface area contributed by atoms with Crippen molar-refractivity contribution >= 4 is 17.7 Å². The summed E-state index contributed by atoms with van der Waals surface area (Å²) >= 11 is 1.53. The number of hydrogen-bond acceptors (Lipinski definition) is 4. The van der Waals surface area contributed by atoms with Crippen LogP contribution in [0.15, 0.2) is 34.2 Å². The molecular formula is C23H32FN3O2S. The Kier molecular flexibility index (Phi) is 9.08. The van der Waals surface area contributed by atoms with Crippen molar-refractivity contribution in [2.24, 2.45) is 13.0 Å². The second kappa shape index (κ2) is 11.3. The third-order valence-corrected chi connectivity index (χ3v) is 6.38. The molecule has 1 amide bonds. The summed E-state index contributed by atoms with van der Waals surface area (Å²) in [6, 6.07) is 6.36. The number of hydrogen-bond donors (Lipinski definition) is 1. The standard InChI is InChI=1S/C23H32FN3O2S/c1-15(2)16(3)25-21(28)8-6-7-13-30-23-26-17(4)20(22(29)27(23)5)14-18-9-11-19(24)12-10-18/h9-12,15-16H,6-8,13-14H2,1-5H3,(H,25,28). The minimum absolute atomic E-state index is 0.0728. The summed E-state index contributed by atoms with van der Waals surface area (Å²) in [6.07, 6.45) is 2.62. The third kappa shape index (κ3) is 6.97. The van der Waals surface area contributed by atoms with Gasteiger partial charge in [0.1, 0.15) is 5.82 Å². The molecule has 5 nitrogen and oxygen atoms in total. The Morgan fingerprint density at radius 2 is 1.87 bits per heavy atom. The lowest BCUT2D eigenvalue weighted by Crippen LogP contribution is -2.35. The molecule has 0 aliphatic rings. The van der Waals surface area contributed by atoms with Crippen LogP contribution in [0.4, 0.5) is 4.39 Å². The van der Waals surface area contributed by atoms with E-state index in [4.69, 9.17) is 0 Å². The summed E-state index contributed by atoms with van der Waals surface area (Å²) in [5, 5.41) is 3.70. The minimum Gasteiger partial charge on any atom is -0.353 e. The number of aromatic nitrogens is 2. The predicted molar refractivity (Wildman–Crippen MR) is 120 cm³/mol. The highest BCUT2D eigenvalue weighted by Gasteiger charge is 2.14. The molecule has 0 radical (unpaired) electrons. The van der Waals surface area contributed by atoms with E-state index in [-0.39, 0.29) is 23.3 Å². The molecule has 0 fully saturated rings. The van der Waals surface area contributed by atoms with Crippen molar-refractivity contribution in [2.75, 3.05) is 5.75 Å². The van der Waals surface area contributed by atoms with Crippen LogP contribution in [0.3, 0.4) is 0 Å². The van der Waals surface area contributed by atoms with Gasteiger partial charge in [0.05, 0.1) is 0 Å². The Hall–Kier alpha value is -2.15. The van der Waals surface area contributed by atoms with Gasteiger partial charge in [-0.15, -0.1) is 0 Å². The number of amides is 1. The zero-order valence-corrected chi connectivity index (χ0v) is 19.3. The van der Waals surface area contributed by atoms with Gasteiger partial charge >= 0.3 is 0 Å². The molecule has 7 heteroatoms. The largest absolute Gasteiger partial charge is 0.353 e. The molecule has 1 N–H and O–H groups in total. The van der Waals surface area contributed by atoms with Gasteiger partial charge in [-0.2, -0.15) is 0 Å². The monoisotopic (exact) mass is 433 g/mol. The van der Waals surface area contributed by atoms with Crippen LogP contribution in [0.25, 0.3) is 0 Å². The van der Waals surface area contributed by atoms with Crippen LogP contribution >= 0.6 is 11.8 Å². The molecule has 2 aromatic rings. The first-order valence-corrected chi connectivity index (χ1v) is 11.4. The number of thioether (sulfide) groups is 1. The topological polar surface area (TPSA) is 64.0 Å². The van der Waals surface area contributed by atoms with Crippen molar-refractivity contribution in [1.82, 2.24) is 14.9 Å². The normalized spacial score (nSPS) is 12.2. The van der Waals surface area contributed by atoms with Gasteiger partial charge < -0.3 is 5.32 Å². The number of rotatable bonds is 10. The average molecular weight is 434 g/mol. The van der Waals surface area contributed by atoms with Gasteiger partial charge in [0.25, 0.3) is 5.56 Å². The second-order valence-electron chi connectivity index (χ2n) is 8.03. The van der Waals surface area contributed by atoms with E-state index in [1.807, 2.05) is 13.8 Å². The van der Waals surface area contributed by atoms with Crippen LogP contribution in [0, 0.1) is 18.7 Å². The van der Waals surface area contributed by atoms with Gasteiger partial charge in [0, 0.05) is 42.9 Å². The fourth-order valence-corrected chi connectivity index (χ4v) is 3.92. The summed E-state index contributed by atoms with van der Waals surface area (Å²) in [5.74, 6) is 1.02. The zero-order chi connectivity index (χ0) is 22.3. The van der Waals surface area contributed by atoms with Gasteiger partial charge in [-0.05, 0) is 50.3 Å². The van der Waals surface area contributed by atoms with Crippen LogP contribution in [-0.4, -0.2) is 27.3 Å². The van der Waals surface area contributed by atoms with Crippen LogP contribution in [0.2, 0.25) is 0 Å². The highest BCUT2D eigenvalue weighted by Crippen LogP contribution is 2.18. The summed E-state index contributed by atoms with van der Waals surface area (Å²) in [7, 11) is 1.73. The number of carbonyl (C=O) groups is 1. The van der Waals surface area contributed by atoms with E-state index in [1.165, 1.54) is 23.9 Å². The predicted octanol–water partition coefficient (Wildman–Crippen LogP) is 4.24. The van der Waals surface area contributed by atoms with Gasteiger partial charge in [-0.3, -0.25) is 14.2 Å². The molecule has 0 spiro atoms. The Balaban J connectivity index is 1.89. The molecule has 1 unspecified atom stereocenters.